The fourth-order valence-electron chi connectivity index (χ4n) is 3.94. The Labute approximate surface area is 154 Å². The molecule has 1 spiro atoms. The molecule has 0 N–H and O–H groups in total. The van der Waals surface area contributed by atoms with Gasteiger partial charge in [0, 0.05) is 30.5 Å². The molecule has 3 rings (SSSR count). The molecule has 1 aromatic rings. The second-order valence-corrected chi connectivity index (χ2v) is 8.10. The van der Waals surface area contributed by atoms with E-state index in [0.29, 0.717) is 36.6 Å². The van der Waals surface area contributed by atoms with E-state index in [1.807, 2.05) is 26.8 Å². The van der Waals surface area contributed by atoms with Crippen LogP contribution in [0, 0.1) is 0 Å². The van der Waals surface area contributed by atoms with Crippen LogP contribution in [0.3, 0.4) is 0 Å². The van der Waals surface area contributed by atoms with Crippen molar-refractivity contribution < 1.29 is 23.8 Å². The molecule has 6 nitrogen and oxygen atoms in total. The number of fused-ring (bicyclic) bond motifs is 2. The van der Waals surface area contributed by atoms with Crippen molar-refractivity contribution in [1.82, 2.24) is 4.90 Å². The van der Waals surface area contributed by atoms with E-state index >= 15 is 0 Å². The van der Waals surface area contributed by atoms with Crippen LogP contribution in [0.15, 0.2) is 12.1 Å². The SMILES string of the molecule is COc1cc2c(cc1OC)C1(CCN(C(=O)OC(C)(C)C)CC1)CC2=O. The number of benzene rings is 1. The van der Waals surface area contributed by atoms with E-state index in [9.17, 15) is 9.59 Å². The van der Waals surface area contributed by atoms with E-state index in [4.69, 9.17) is 14.2 Å². The maximum absolute atomic E-state index is 12.6. The van der Waals surface area contributed by atoms with Crippen LogP contribution in [0.1, 0.15) is 56.0 Å². The lowest BCUT2D eigenvalue weighted by molar-refractivity contribution is 0.0165. The van der Waals surface area contributed by atoms with Crippen molar-refractivity contribution >= 4 is 11.9 Å². The first kappa shape index (κ1) is 18.5. The Hall–Kier alpha value is -2.24. The summed E-state index contributed by atoms with van der Waals surface area (Å²) in [5, 5.41) is 0. The van der Waals surface area contributed by atoms with E-state index in [1.54, 1.807) is 25.2 Å². The minimum atomic E-state index is -0.508. The first-order valence-electron chi connectivity index (χ1n) is 8.97. The Morgan fingerprint density at radius 1 is 1.08 bits per heavy atom. The van der Waals surface area contributed by atoms with Gasteiger partial charge in [-0.1, -0.05) is 0 Å². The first-order valence-corrected chi connectivity index (χ1v) is 8.97. The molecule has 1 heterocycles. The van der Waals surface area contributed by atoms with Gasteiger partial charge < -0.3 is 19.1 Å². The molecule has 1 aliphatic carbocycles. The summed E-state index contributed by atoms with van der Waals surface area (Å²) in [6.07, 6.45) is 1.66. The highest BCUT2D eigenvalue weighted by Crippen LogP contribution is 2.49. The number of Topliss-reactive ketones (excluding diaryl/α,β-unsaturated/α-hetero) is 1. The van der Waals surface area contributed by atoms with Crippen molar-refractivity contribution in [1.29, 1.82) is 0 Å². The summed E-state index contributed by atoms with van der Waals surface area (Å²) >= 11 is 0. The lowest BCUT2D eigenvalue weighted by Crippen LogP contribution is -2.46. The molecule has 0 aromatic heterocycles. The summed E-state index contributed by atoms with van der Waals surface area (Å²) in [6, 6.07) is 3.72. The number of rotatable bonds is 2. The van der Waals surface area contributed by atoms with Crippen LogP contribution in [0.5, 0.6) is 11.5 Å². The lowest BCUT2D eigenvalue weighted by atomic mass is 9.74. The zero-order valence-electron chi connectivity index (χ0n) is 16.2. The van der Waals surface area contributed by atoms with Crippen LogP contribution in [0.4, 0.5) is 4.79 Å². The minimum absolute atomic E-state index is 0.131. The van der Waals surface area contributed by atoms with Crippen LogP contribution in [-0.2, 0) is 10.2 Å². The number of likely N-dealkylation sites (tertiary alicyclic amines) is 1. The standard InChI is InChI=1S/C20H27NO5/c1-19(2,3)26-18(23)21-8-6-20(7-9-21)12-15(22)13-10-16(24-4)17(25-5)11-14(13)20/h10-11H,6-9,12H2,1-5H3. The number of methoxy groups -OCH3 is 2. The summed E-state index contributed by atoms with van der Waals surface area (Å²) in [6.45, 7) is 6.75. The smallest absolute Gasteiger partial charge is 0.410 e. The number of nitrogens with zero attached hydrogens (tertiary/aromatic N) is 1. The fourth-order valence-corrected chi connectivity index (χ4v) is 3.94. The Morgan fingerprint density at radius 2 is 1.65 bits per heavy atom. The van der Waals surface area contributed by atoms with Crippen molar-refractivity contribution in [2.24, 2.45) is 0 Å². The van der Waals surface area contributed by atoms with Crippen molar-refractivity contribution in [2.45, 2.75) is 51.0 Å². The van der Waals surface area contributed by atoms with Crippen molar-refractivity contribution in [2.75, 3.05) is 27.3 Å². The maximum atomic E-state index is 12.6. The van der Waals surface area contributed by atoms with Crippen LogP contribution in [0.25, 0.3) is 0 Å². The molecule has 0 saturated carbocycles. The summed E-state index contributed by atoms with van der Waals surface area (Å²) in [5.74, 6) is 1.34. The molecule has 142 valence electrons. The Kier molecular flexibility index (Phi) is 4.63. The molecular weight excluding hydrogens is 334 g/mol. The predicted octanol–water partition coefficient (Wildman–Crippen LogP) is 3.56. The second-order valence-electron chi connectivity index (χ2n) is 8.10. The predicted molar refractivity (Wildman–Crippen MR) is 97.2 cm³/mol. The van der Waals surface area contributed by atoms with Gasteiger partial charge in [0.2, 0.25) is 0 Å². The average molecular weight is 361 g/mol. The third kappa shape index (κ3) is 3.24. The molecule has 0 radical (unpaired) electrons. The number of ketones is 1. The Bertz CT molecular complexity index is 726. The molecule has 26 heavy (non-hydrogen) atoms. The maximum Gasteiger partial charge on any atom is 0.410 e. The third-order valence-corrected chi connectivity index (χ3v) is 5.27. The van der Waals surface area contributed by atoms with Gasteiger partial charge in [-0.2, -0.15) is 0 Å². The van der Waals surface area contributed by atoms with Gasteiger partial charge in [0.25, 0.3) is 0 Å². The molecule has 1 aromatic carbocycles. The number of hydrogen-bond donors (Lipinski definition) is 0. The highest BCUT2D eigenvalue weighted by Gasteiger charge is 2.46. The van der Waals surface area contributed by atoms with Crippen LogP contribution >= 0.6 is 0 Å². The molecule has 0 atom stereocenters. The van der Waals surface area contributed by atoms with E-state index in [1.165, 1.54) is 0 Å². The van der Waals surface area contributed by atoms with E-state index < -0.39 is 5.60 Å². The fraction of sp³-hybridized carbons (Fsp3) is 0.600. The van der Waals surface area contributed by atoms with Crippen molar-refractivity contribution in [3.05, 3.63) is 23.3 Å². The zero-order valence-corrected chi connectivity index (χ0v) is 16.2. The highest BCUT2D eigenvalue weighted by molar-refractivity contribution is 6.03. The Morgan fingerprint density at radius 3 is 2.19 bits per heavy atom. The third-order valence-electron chi connectivity index (χ3n) is 5.27. The molecule has 1 amide bonds. The van der Waals surface area contributed by atoms with Crippen LogP contribution in [0.2, 0.25) is 0 Å². The molecule has 1 fully saturated rings. The van der Waals surface area contributed by atoms with Crippen molar-refractivity contribution in [3.8, 4) is 11.5 Å². The van der Waals surface area contributed by atoms with Gasteiger partial charge in [0.1, 0.15) is 5.60 Å². The molecule has 1 aliphatic heterocycles. The molecule has 2 aliphatic rings. The van der Waals surface area contributed by atoms with Gasteiger partial charge in [-0.05, 0) is 51.3 Å². The number of amides is 1. The molecule has 0 unspecified atom stereocenters. The molecule has 6 heteroatoms. The van der Waals surface area contributed by atoms with Gasteiger partial charge >= 0.3 is 6.09 Å². The van der Waals surface area contributed by atoms with E-state index in [0.717, 1.165) is 18.4 Å². The Balaban J connectivity index is 1.83. The summed E-state index contributed by atoms with van der Waals surface area (Å²) in [5.41, 5.74) is 0.994. The average Bonchev–Trinajstić information content (AvgIpc) is 2.84. The topological polar surface area (TPSA) is 65.1 Å². The van der Waals surface area contributed by atoms with Gasteiger partial charge in [0.05, 0.1) is 14.2 Å². The second kappa shape index (κ2) is 6.49. The number of carbonyl (C=O) groups excluding carboxylic acids is 2. The van der Waals surface area contributed by atoms with Gasteiger partial charge in [0.15, 0.2) is 17.3 Å². The quantitative estimate of drug-likeness (QED) is 0.806. The normalized spacial score (nSPS) is 18.7. The van der Waals surface area contributed by atoms with Crippen LogP contribution < -0.4 is 9.47 Å². The largest absolute Gasteiger partial charge is 0.493 e. The lowest BCUT2D eigenvalue weighted by Gasteiger charge is -2.40. The number of ether oxygens (including phenoxy) is 3. The van der Waals surface area contributed by atoms with Crippen LogP contribution in [-0.4, -0.2) is 49.7 Å². The zero-order chi connectivity index (χ0) is 19.1. The summed E-state index contributed by atoms with van der Waals surface area (Å²) in [4.78, 5) is 26.7. The number of hydrogen-bond acceptors (Lipinski definition) is 5. The summed E-state index contributed by atoms with van der Waals surface area (Å²) < 4.78 is 16.2. The molecule has 1 saturated heterocycles. The van der Waals surface area contributed by atoms with Gasteiger partial charge in [-0.25, -0.2) is 4.79 Å². The van der Waals surface area contributed by atoms with Gasteiger partial charge in [-0.15, -0.1) is 0 Å². The summed E-state index contributed by atoms with van der Waals surface area (Å²) in [7, 11) is 3.16. The highest BCUT2D eigenvalue weighted by atomic mass is 16.6. The monoisotopic (exact) mass is 361 g/mol. The van der Waals surface area contributed by atoms with Gasteiger partial charge in [-0.3, -0.25) is 4.79 Å². The molecular formula is C20H27NO5. The van der Waals surface area contributed by atoms with E-state index in [2.05, 4.69) is 0 Å². The van der Waals surface area contributed by atoms with Crippen molar-refractivity contribution in [3.63, 3.8) is 0 Å². The number of piperidine rings is 1. The molecule has 0 bridgehead atoms. The first-order chi connectivity index (χ1) is 12.2. The van der Waals surface area contributed by atoms with E-state index in [-0.39, 0.29) is 17.3 Å². The minimum Gasteiger partial charge on any atom is -0.493 e. The number of carbonyl (C=O) groups is 2.